The van der Waals surface area contributed by atoms with Crippen LogP contribution in [0.5, 0.6) is 0 Å². The molecule has 0 saturated carbocycles. The van der Waals surface area contributed by atoms with E-state index in [0.29, 0.717) is 43.1 Å². The Morgan fingerprint density at radius 3 is 2.73 bits per heavy atom. The SMILES string of the molecule is O=C(NCCSc1nnc(N2CCOCC2)n1-c1cccc(F)c1)OCC(F)(F)F. The number of carbonyl (C=O) groups excluding carboxylic acids is 1. The first-order valence-corrected chi connectivity index (χ1v) is 9.96. The van der Waals surface area contributed by atoms with Crippen LogP contribution in [-0.4, -0.2) is 72.2 Å². The van der Waals surface area contributed by atoms with Crippen LogP contribution in [0.15, 0.2) is 29.4 Å². The van der Waals surface area contributed by atoms with Gasteiger partial charge in [-0.3, -0.25) is 4.57 Å². The zero-order chi connectivity index (χ0) is 21.6. The molecule has 0 spiro atoms. The monoisotopic (exact) mass is 449 g/mol. The van der Waals surface area contributed by atoms with Crippen molar-refractivity contribution in [2.75, 3.05) is 50.1 Å². The van der Waals surface area contributed by atoms with E-state index in [4.69, 9.17) is 4.74 Å². The zero-order valence-electron chi connectivity index (χ0n) is 15.7. The van der Waals surface area contributed by atoms with E-state index in [1.807, 2.05) is 4.90 Å². The van der Waals surface area contributed by atoms with Gasteiger partial charge in [-0.2, -0.15) is 13.2 Å². The van der Waals surface area contributed by atoms with Crippen LogP contribution in [0.25, 0.3) is 5.69 Å². The molecule has 2 heterocycles. The number of morpholine rings is 1. The second-order valence-electron chi connectivity index (χ2n) is 6.16. The van der Waals surface area contributed by atoms with Gasteiger partial charge in [-0.15, -0.1) is 10.2 Å². The molecule has 1 aliphatic rings. The van der Waals surface area contributed by atoms with Crippen molar-refractivity contribution in [3.8, 4) is 5.69 Å². The molecule has 8 nitrogen and oxygen atoms in total. The van der Waals surface area contributed by atoms with Crippen LogP contribution in [0.4, 0.5) is 28.3 Å². The van der Waals surface area contributed by atoms with Crippen molar-refractivity contribution < 1.29 is 31.8 Å². The van der Waals surface area contributed by atoms with Crippen molar-refractivity contribution in [1.82, 2.24) is 20.1 Å². The van der Waals surface area contributed by atoms with Crippen molar-refractivity contribution in [3.63, 3.8) is 0 Å². The molecule has 1 fully saturated rings. The molecule has 2 aromatic rings. The number of nitrogens with zero attached hydrogens (tertiary/aromatic N) is 4. The summed E-state index contributed by atoms with van der Waals surface area (Å²) in [7, 11) is 0. The third kappa shape index (κ3) is 6.23. The van der Waals surface area contributed by atoms with E-state index >= 15 is 0 Å². The molecule has 30 heavy (non-hydrogen) atoms. The maximum atomic E-state index is 13.8. The van der Waals surface area contributed by atoms with E-state index in [0.717, 1.165) is 0 Å². The standard InChI is InChI=1S/C17H19F4N5O3S/c18-12-2-1-3-13(10-12)26-14(25-5-7-28-8-6-25)23-24-15(26)30-9-4-22-16(27)29-11-17(19,20)21/h1-3,10H,4-9,11H2,(H,22,27). The van der Waals surface area contributed by atoms with Crippen LogP contribution in [0.3, 0.4) is 0 Å². The molecule has 1 aliphatic heterocycles. The number of halogens is 4. The van der Waals surface area contributed by atoms with Gasteiger partial charge in [-0.1, -0.05) is 17.8 Å². The summed E-state index contributed by atoms with van der Waals surface area (Å²) in [4.78, 5) is 13.3. The summed E-state index contributed by atoms with van der Waals surface area (Å²) in [6.45, 7) is 0.660. The second-order valence-corrected chi connectivity index (χ2v) is 7.23. The Labute approximate surface area is 173 Å². The van der Waals surface area contributed by atoms with E-state index in [1.165, 1.54) is 23.9 Å². The molecule has 3 rings (SSSR count). The number of aromatic nitrogens is 3. The molecule has 1 amide bonds. The predicted molar refractivity (Wildman–Crippen MR) is 100 cm³/mol. The Hall–Kier alpha value is -2.54. The quantitative estimate of drug-likeness (QED) is 0.395. The van der Waals surface area contributed by atoms with Gasteiger partial charge in [0.05, 0.1) is 18.9 Å². The molecule has 13 heteroatoms. The lowest BCUT2D eigenvalue weighted by Gasteiger charge is -2.27. The Balaban J connectivity index is 1.66. The van der Waals surface area contributed by atoms with E-state index < -0.39 is 24.7 Å². The number of carbonyl (C=O) groups is 1. The minimum atomic E-state index is -4.58. The maximum Gasteiger partial charge on any atom is 0.422 e. The molecule has 1 aromatic heterocycles. The van der Waals surface area contributed by atoms with Gasteiger partial charge in [0.15, 0.2) is 11.8 Å². The van der Waals surface area contributed by atoms with E-state index in [9.17, 15) is 22.4 Å². The first kappa shape index (κ1) is 22.2. The topological polar surface area (TPSA) is 81.5 Å². The van der Waals surface area contributed by atoms with Crippen LogP contribution in [0, 0.1) is 5.82 Å². The van der Waals surface area contributed by atoms with Gasteiger partial charge < -0.3 is 19.7 Å². The second kappa shape index (κ2) is 9.98. The normalized spacial score (nSPS) is 14.6. The lowest BCUT2D eigenvalue weighted by atomic mass is 10.3. The number of benzene rings is 1. The Bertz CT molecular complexity index is 858. The molecule has 0 unspecified atom stereocenters. The molecule has 164 valence electrons. The van der Waals surface area contributed by atoms with Gasteiger partial charge in [0.25, 0.3) is 0 Å². The van der Waals surface area contributed by atoms with Crippen molar-refractivity contribution >= 4 is 23.8 Å². The summed E-state index contributed by atoms with van der Waals surface area (Å²) in [6, 6.07) is 5.96. The van der Waals surface area contributed by atoms with Gasteiger partial charge in [0.1, 0.15) is 5.82 Å². The largest absolute Gasteiger partial charge is 0.440 e. The summed E-state index contributed by atoms with van der Waals surface area (Å²) in [5.74, 6) is 0.403. The van der Waals surface area contributed by atoms with Crippen molar-refractivity contribution in [3.05, 3.63) is 30.1 Å². The summed E-state index contributed by atoms with van der Waals surface area (Å²) < 4.78 is 61.0. The van der Waals surface area contributed by atoms with Crippen LogP contribution < -0.4 is 10.2 Å². The van der Waals surface area contributed by atoms with E-state index in [-0.39, 0.29) is 12.3 Å². The number of thioether (sulfide) groups is 1. The van der Waals surface area contributed by atoms with Gasteiger partial charge in [-0.25, -0.2) is 9.18 Å². The predicted octanol–water partition coefficient (Wildman–Crippen LogP) is 2.62. The van der Waals surface area contributed by atoms with Gasteiger partial charge in [-0.05, 0) is 18.2 Å². The summed E-state index contributed by atoms with van der Waals surface area (Å²) >= 11 is 1.21. The van der Waals surface area contributed by atoms with Gasteiger partial charge in [0.2, 0.25) is 5.95 Å². The molecule has 1 N–H and O–H groups in total. The van der Waals surface area contributed by atoms with E-state index in [2.05, 4.69) is 20.3 Å². The lowest BCUT2D eigenvalue weighted by Crippen LogP contribution is -2.37. The highest BCUT2D eigenvalue weighted by molar-refractivity contribution is 7.99. The van der Waals surface area contributed by atoms with Crippen LogP contribution in [0.2, 0.25) is 0 Å². The summed E-state index contributed by atoms with van der Waals surface area (Å²) in [5.41, 5.74) is 0.529. The number of alkyl halides is 3. The molecule has 0 bridgehead atoms. The minimum Gasteiger partial charge on any atom is -0.440 e. The smallest absolute Gasteiger partial charge is 0.422 e. The van der Waals surface area contributed by atoms with Gasteiger partial charge in [0, 0.05) is 25.4 Å². The molecule has 0 atom stereocenters. The number of rotatable bonds is 7. The minimum absolute atomic E-state index is 0.0459. The first-order valence-electron chi connectivity index (χ1n) is 8.98. The number of ether oxygens (including phenoxy) is 2. The molecular formula is C17H19F4N5O3S. The number of hydrogen-bond acceptors (Lipinski definition) is 7. The molecule has 0 radical (unpaired) electrons. The zero-order valence-corrected chi connectivity index (χ0v) is 16.5. The fourth-order valence-electron chi connectivity index (χ4n) is 2.66. The van der Waals surface area contributed by atoms with Crippen LogP contribution in [-0.2, 0) is 9.47 Å². The lowest BCUT2D eigenvalue weighted by molar-refractivity contribution is -0.160. The first-order chi connectivity index (χ1) is 14.3. The highest BCUT2D eigenvalue weighted by atomic mass is 32.2. The fourth-order valence-corrected chi connectivity index (χ4v) is 3.46. The molecule has 1 aromatic carbocycles. The average Bonchev–Trinajstić information content (AvgIpc) is 3.14. The molecule has 1 saturated heterocycles. The van der Waals surface area contributed by atoms with Crippen molar-refractivity contribution in [2.45, 2.75) is 11.3 Å². The number of amides is 1. The van der Waals surface area contributed by atoms with Crippen molar-refractivity contribution in [1.29, 1.82) is 0 Å². The Morgan fingerprint density at radius 1 is 1.27 bits per heavy atom. The van der Waals surface area contributed by atoms with Crippen LogP contribution in [0.1, 0.15) is 0 Å². The third-order valence-corrected chi connectivity index (χ3v) is 4.88. The Kier molecular flexibility index (Phi) is 7.37. The number of anilines is 1. The maximum absolute atomic E-state index is 13.8. The molecular weight excluding hydrogens is 430 g/mol. The summed E-state index contributed by atoms with van der Waals surface area (Å²) in [6.07, 6.45) is -5.74. The van der Waals surface area contributed by atoms with E-state index in [1.54, 1.807) is 16.7 Å². The average molecular weight is 449 g/mol. The van der Waals surface area contributed by atoms with Gasteiger partial charge >= 0.3 is 12.3 Å². The number of alkyl carbamates (subject to hydrolysis) is 1. The van der Waals surface area contributed by atoms with Crippen molar-refractivity contribution in [2.24, 2.45) is 0 Å². The number of nitrogens with one attached hydrogen (secondary N) is 1. The highest BCUT2D eigenvalue weighted by Crippen LogP contribution is 2.27. The summed E-state index contributed by atoms with van der Waals surface area (Å²) in [5, 5.41) is 11.1. The molecule has 0 aliphatic carbocycles. The fraction of sp³-hybridized carbons (Fsp3) is 0.471. The van der Waals surface area contributed by atoms with Crippen LogP contribution >= 0.6 is 11.8 Å². The third-order valence-electron chi connectivity index (χ3n) is 3.95. The number of hydrogen-bond donors (Lipinski definition) is 1. The highest BCUT2D eigenvalue weighted by Gasteiger charge is 2.29. The Morgan fingerprint density at radius 2 is 2.03 bits per heavy atom.